The number of hydrogen-bond acceptors (Lipinski definition) is 0. The van der Waals surface area contributed by atoms with E-state index in [0.717, 1.165) is 0 Å². The molecule has 0 spiro atoms. The second-order valence-electron chi connectivity index (χ2n) is 0. The minimum atomic E-state index is 0. The van der Waals surface area contributed by atoms with Gasteiger partial charge in [0.2, 0.25) is 0 Å². The van der Waals surface area contributed by atoms with E-state index in [-0.39, 0.29) is 33.6 Å². The fraction of sp³-hybridized carbons (Fsp3) is 0. The maximum atomic E-state index is 4.10. The predicted molar refractivity (Wildman–Crippen MR) is 9.71 cm³/mol. The Kier molecular flexibility index (Phi) is 84.6. The Bertz CT molecular complexity index is 8.00. The first-order valence-electron chi connectivity index (χ1n) is 0.174. The molecular weight excluding hydrogens is 209 g/mol. The molecule has 0 rings (SSSR count). The van der Waals surface area contributed by atoms with Gasteiger partial charge in [-0.3, -0.25) is 0 Å². The van der Waals surface area contributed by atoms with Crippen molar-refractivity contribution in [3.8, 4) is 0 Å². The van der Waals surface area contributed by atoms with Gasteiger partial charge in [0.1, 0.15) is 0 Å². The third-order valence-electron chi connectivity index (χ3n) is 0. The van der Waals surface area contributed by atoms with Crippen LogP contribution in [0.5, 0.6) is 0 Å². The Labute approximate surface area is 56.9 Å². The molecule has 0 radical (unpaired) electrons. The molecule has 0 amide bonds. The summed E-state index contributed by atoms with van der Waals surface area (Å²) in [6.45, 7) is 0. The van der Waals surface area contributed by atoms with Gasteiger partial charge >= 0.3 is 23.5 Å². The third-order valence-corrected chi connectivity index (χ3v) is 0. The van der Waals surface area contributed by atoms with E-state index in [9.17, 15) is 0 Å². The quantitative estimate of drug-likeness (QED) is 0.400. The zero-order chi connectivity index (χ0) is 2.00. The second kappa shape index (κ2) is 20.2. The van der Waals surface area contributed by atoms with Crippen LogP contribution in [0.2, 0.25) is 0 Å². The number of rotatable bonds is 0. The molecule has 0 bridgehead atoms. The molecule has 0 aliphatic rings. The average molecular weight is 211 g/mol. The Morgan fingerprint density at radius 2 is 1.25 bits per heavy atom. The van der Waals surface area contributed by atoms with E-state index in [1.807, 2.05) is 7.93 Å². The average Bonchev–Trinajstić information content (AvgIpc) is 1.00. The van der Waals surface area contributed by atoms with Crippen molar-refractivity contribution in [1.29, 1.82) is 0 Å². The predicted octanol–water partition coefficient (Wildman–Crippen LogP) is 0.318. The molecule has 0 N–H and O–H groups in total. The van der Waals surface area contributed by atoms with E-state index in [1.54, 1.807) is 0 Å². The summed E-state index contributed by atoms with van der Waals surface area (Å²) >= 11 is 4.10. The summed E-state index contributed by atoms with van der Waals surface area (Å²) in [7, 11) is 1.98. The van der Waals surface area contributed by atoms with Crippen LogP contribution >= 0.6 is 7.93 Å². The molecule has 0 heterocycles. The fourth-order valence-corrected chi connectivity index (χ4v) is 0. The van der Waals surface area contributed by atoms with E-state index in [1.165, 1.54) is 0 Å². The summed E-state index contributed by atoms with van der Waals surface area (Å²) in [4.78, 5) is 0. The van der Waals surface area contributed by atoms with Crippen LogP contribution in [0.4, 0.5) is 0 Å². The van der Waals surface area contributed by atoms with E-state index in [2.05, 4.69) is 15.6 Å². The first-order chi connectivity index (χ1) is 1.00. The minimum absolute atomic E-state index is 0. The van der Waals surface area contributed by atoms with Gasteiger partial charge in [-0.15, -0.1) is 0 Å². The van der Waals surface area contributed by atoms with E-state index >= 15 is 0 Å². The SMILES string of the molecule is [Fe].[Ni].[PH2][Cu]. The summed E-state index contributed by atoms with van der Waals surface area (Å²) in [6.07, 6.45) is 0. The standard InChI is InChI=1S/Cu.Fe.Ni.H2P/h;;;1H2/q+1;;;-1. The Balaban J connectivity index is -0.00000000500. The molecule has 1 atom stereocenters. The first kappa shape index (κ1) is 16.7. The fourth-order valence-electron chi connectivity index (χ4n) is 0. The summed E-state index contributed by atoms with van der Waals surface area (Å²) in [5.74, 6) is 0. The van der Waals surface area contributed by atoms with E-state index in [4.69, 9.17) is 0 Å². The molecule has 0 aromatic carbocycles. The topological polar surface area (TPSA) is 0 Å². The molecule has 0 nitrogen and oxygen atoms in total. The molecule has 0 aliphatic carbocycles. The Morgan fingerprint density at radius 3 is 1.25 bits per heavy atom. The van der Waals surface area contributed by atoms with Gasteiger partial charge in [-0.1, -0.05) is 0 Å². The van der Waals surface area contributed by atoms with Gasteiger partial charge in [0.05, 0.1) is 0 Å². The molecule has 0 aromatic heterocycles. The molecule has 0 fully saturated rings. The van der Waals surface area contributed by atoms with Crippen LogP contribution in [0.1, 0.15) is 0 Å². The van der Waals surface area contributed by atoms with Gasteiger partial charge in [-0.25, -0.2) is 0 Å². The van der Waals surface area contributed by atoms with Gasteiger partial charge in [0.25, 0.3) is 0 Å². The van der Waals surface area contributed by atoms with Crippen LogP contribution in [-0.4, -0.2) is 0 Å². The van der Waals surface area contributed by atoms with Crippen molar-refractivity contribution in [3.63, 3.8) is 0 Å². The maximum absolute atomic E-state index is 4.10. The van der Waals surface area contributed by atoms with Crippen molar-refractivity contribution < 1.29 is 49.1 Å². The molecule has 0 saturated heterocycles. The van der Waals surface area contributed by atoms with Gasteiger partial charge in [-0.2, -0.15) is 0 Å². The Hall–Kier alpha value is 1.96. The van der Waals surface area contributed by atoms with Crippen LogP contribution in [-0.2, 0) is 49.1 Å². The number of hydrogen-bond donors (Lipinski definition) is 0. The monoisotopic (exact) mass is 210 g/mol. The van der Waals surface area contributed by atoms with Crippen molar-refractivity contribution in [2.24, 2.45) is 0 Å². The molecule has 4 heteroatoms. The Morgan fingerprint density at radius 1 is 1.25 bits per heavy atom. The molecule has 1 unspecified atom stereocenters. The van der Waals surface area contributed by atoms with Crippen LogP contribution in [0.3, 0.4) is 0 Å². The van der Waals surface area contributed by atoms with Gasteiger partial charge < -0.3 is 0 Å². The molecule has 0 saturated carbocycles. The summed E-state index contributed by atoms with van der Waals surface area (Å²) < 4.78 is 0. The summed E-state index contributed by atoms with van der Waals surface area (Å²) in [6, 6.07) is 0. The van der Waals surface area contributed by atoms with Crippen LogP contribution < -0.4 is 0 Å². The zero-order valence-electron chi connectivity index (χ0n) is 1.55. The molecule has 4 heavy (non-hydrogen) atoms. The first-order valence-corrected chi connectivity index (χ1v) is 2.15. The van der Waals surface area contributed by atoms with Crippen molar-refractivity contribution >= 4 is 7.93 Å². The zero-order valence-corrected chi connectivity index (χ0v) is 5.74. The van der Waals surface area contributed by atoms with Crippen molar-refractivity contribution in [1.82, 2.24) is 0 Å². The van der Waals surface area contributed by atoms with Crippen LogP contribution in [0.25, 0.3) is 0 Å². The van der Waals surface area contributed by atoms with Crippen molar-refractivity contribution in [3.05, 3.63) is 0 Å². The van der Waals surface area contributed by atoms with Gasteiger partial charge in [0, 0.05) is 33.6 Å². The van der Waals surface area contributed by atoms with Crippen molar-refractivity contribution in [2.45, 2.75) is 0 Å². The molecule has 0 aromatic rings. The molecular formula is H2CuFeNiP. The summed E-state index contributed by atoms with van der Waals surface area (Å²) in [5, 5.41) is 0. The normalized spacial score (nSPS) is 1.75. The summed E-state index contributed by atoms with van der Waals surface area (Å²) in [5.41, 5.74) is 0. The second-order valence-corrected chi connectivity index (χ2v) is 0. The third kappa shape index (κ3) is 9.03. The molecule has 0 aliphatic heterocycles. The van der Waals surface area contributed by atoms with E-state index < -0.39 is 0 Å². The van der Waals surface area contributed by atoms with E-state index in [0.29, 0.717) is 0 Å². The van der Waals surface area contributed by atoms with Gasteiger partial charge in [-0.05, 0) is 0 Å². The van der Waals surface area contributed by atoms with Gasteiger partial charge in [0.15, 0.2) is 0 Å². The molecule has 36 valence electrons. The van der Waals surface area contributed by atoms with Crippen LogP contribution in [0, 0.1) is 0 Å². The van der Waals surface area contributed by atoms with Crippen molar-refractivity contribution in [2.75, 3.05) is 0 Å². The van der Waals surface area contributed by atoms with Crippen LogP contribution in [0.15, 0.2) is 0 Å².